The van der Waals surface area contributed by atoms with Crippen molar-refractivity contribution in [3.8, 4) is 11.5 Å². The Kier molecular flexibility index (Phi) is 11.3. The SMILES string of the molecule is C=CC(=O)Nc1ccccc1Cc1cc(N(CCNC(C)C)C(=O)Cc2c(Cl)c(OC)cc(OC)c2Cl)ncn1. The number of hydrogen-bond acceptors (Lipinski definition) is 7. The molecule has 3 rings (SSSR count). The Morgan fingerprint density at radius 3 is 2.38 bits per heavy atom. The third-order valence-corrected chi connectivity index (χ3v) is 6.83. The second kappa shape index (κ2) is 14.6. The van der Waals surface area contributed by atoms with Gasteiger partial charge in [-0.3, -0.25) is 14.5 Å². The summed E-state index contributed by atoms with van der Waals surface area (Å²) in [5.41, 5.74) is 2.56. The van der Waals surface area contributed by atoms with Crippen molar-refractivity contribution in [2.75, 3.05) is 37.5 Å². The van der Waals surface area contributed by atoms with Crippen LogP contribution in [0.1, 0.15) is 30.7 Å². The van der Waals surface area contributed by atoms with Crippen LogP contribution >= 0.6 is 23.2 Å². The smallest absolute Gasteiger partial charge is 0.247 e. The van der Waals surface area contributed by atoms with Crippen molar-refractivity contribution in [1.82, 2.24) is 15.3 Å². The molecule has 0 aliphatic heterocycles. The van der Waals surface area contributed by atoms with Gasteiger partial charge in [-0.15, -0.1) is 0 Å². The lowest BCUT2D eigenvalue weighted by atomic mass is 10.1. The molecule has 0 unspecified atom stereocenters. The lowest BCUT2D eigenvalue weighted by Crippen LogP contribution is -2.40. The van der Waals surface area contributed by atoms with Gasteiger partial charge in [-0.05, 0) is 17.7 Å². The Labute approximate surface area is 244 Å². The highest BCUT2D eigenvalue weighted by Crippen LogP contribution is 2.40. The van der Waals surface area contributed by atoms with E-state index in [1.165, 1.54) is 26.6 Å². The van der Waals surface area contributed by atoms with E-state index in [0.717, 1.165) is 5.56 Å². The molecule has 0 radical (unpaired) electrons. The van der Waals surface area contributed by atoms with E-state index in [-0.39, 0.29) is 34.3 Å². The highest BCUT2D eigenvalue weighted by molar-refractivity contribution is 6.38. The number of nitrogens with one attached hydrogen (secondary N) is 2. The summed E-state index contributed by atoms with van der Waals surface area (Å²) in [6.45, 7) is 8.44. The van der Waals surface area contributed by atoms with Crippen LogP contribution in [0.25, 0.3) is 0 Å². The van der Waals surface area contributed by atoms with Crippen molar-refractivity contribution >= 4 is 46.5 Å². The minimum absolute atomic E-state index is 0.108. The number of hydrogen-bond donors (Lipinski definition) is 2. The molecule has 1 aromatic heterocycles. The number of methoxy groups -OCH3 is 2. The maximum absolute atomic E-state index is 13.8. The standard InChI is InChI=1S/C29H33Cl2N5O4/c1-6-26(37)35-22-10-8-7-9-19(22)13-20-14-25(34-17-33-20)36(12-11-32-18(2)3)27(38)15-21-28(30)23(39-4)16-24(40-5)29(21)31/h6-10,14,16-18,32H,1,11-13,15H2,2-5H3,(H,35,37). The largest absolute Gasteiger partial charge is 0.495 e. The maximum atomic E-state index is 13.8. The fourth-order valence-electron chi connectivity index (χ4n) is 3.98. The average molecular weight is 587 g/mol. The van der Waals surface area contributed by atoms with Crippen LogP contribution in [0, 0.1) is 0 Å². The van der Waals surface area contributed by atoms with Crippen LogP contribution in [-0.2, 0) is 22.4 Å². The lowest BCUT2D eigenvalue weighted by molar-refractivity contribution is -0.118. The van der Waals surface area contributed by atoms with Crippen molar-refractivity contribution in [1.29, 1.82) is 0 Å². The first-order valence-corrected chi connectivity index (χ1v) is 13.4. The minimum Gasteiger partial charge on any atom is -0.495 e. The number of amides is 2. The summed E-state index contributed by atoms with van der Waals surface area (Å²) in [4.78, 5) is 36.0. The zero-order valence-electron chi connectivity index (χ0n) is 23.0. The lowest BCUT2D eigenvalue weighted by Gasteiger charge is -2.24. The molecule has 9 nitrogen and oxygen atoms in total. The van der Waals surface area contributed by atoms with Crippen LogP contribution in [0.3, 0.4) is 0 Å². The topological polar surface area (TPSA) is 106 Å². The normalized spacial score (nSPS) is 10.8. The molecule has 212 valence electrons. The first-order chi connectivity index (χ1) is 19.2. The van der Waals surface area contributed by atoms with Crippen LogP contribution in [0.15, 0.2) is 55.4 Å². The van der Waals surface area contributed by atoms with Crippen LogP contribution in [-0.4, -0.2) is 55.1 Å². The average Bonchev–Trinajstić information content (AvgIpc) is 2.94. The van der Waals surface area contributed by atoms with Gasteiger partial charge in [0.2, 0.25) is 11.8 Å². The Morgan fingerprint density at radius 2 is 1.75 bits per heavy atom. The van der Waals surface area contributed by atoms with Gasteiger partial charge < -0.3 is 20.1 Å². The third kappa shape index (κ3) is 7.94. The molecular formula is C29H33Cl2N5O4. The van der Waals surface area contributed by atoms with Gasteiger partial charge in [0.15, 0.2) is 0 Å². The summed E-state index contributed by atoms with van der Waals surface area (Å²) in [5.74, 6) is 0.551. The number of carbonyl (C=O) groups is 2. The number of rotatable bonds is 13. The summed E-state index contributed by atoms with van der Waals surface area (Å²) in [7, 11) is 2.96. The quantitative estimate of drug-likeness (QED) is 0.269. The van der Waals surface area contributed by atoms with Gasteiger partial charge in [-0.1, -0.05) is 61.8 Å². The predicted molar refractivity (Wildman–Crippen MR) is 159 cm³/mol. The fourth-order valence-corrected chi connectivity index (χ4v) is 4.61. The van der Waals surface area contributed by atoms with Gasteiger partial charge in [0.1, 0.15) is 23.6 Å². The van der Waals surface area contributed by atoms with Gasteiger partial charge >= 0.3 is 0 Å². The van der Waals surface area contributed by atoms with E-state index in [4.69, 9.17) is 32.7 Å². The number of aromatic nitrogens is 2. The Hall–Kier alpha value is -3.66. The van der Waals surface area contributed by atoms with Crippen LogP contribution in [0.5, 0.6) is 11.5 Å². The summed E-state index contributed by atoms with van der Waals surface area (Å²) < 4.78 is 10.7. The van der Waals surface area contributed by atoms with Crippen molar-refractivity contribution in [3.05, 3.63) is 82.2 Å². The Balaban J connectivity index is 1.94. The number of nitrogens with zero attached hydrogens (tertiary/aromatic N) is 3. The number of para-hydroxylation sites is 1. The molecule has 0 spiro atoms. The number of anilines is 2. The molecule has 2 aromatic carbocycles. The number of benzene rings is 2. The molecule has 0 saturated heterocycles. The van der Waals surface area contributed by atoms with Crippen molar-refractivity contribution < 1.29 is 19.1 Å². The second-order valence-corrected chi connectivity index (χ2v) is 9.87. The van der Waals surface area contributed by atoms with Crippen LogP contribution < -0.4 is 25.0 Å². The van der Waals surface area contributed by atoms with E-state index in [1.54, 1.807) is 17.0 Å². The van der Waals surface area contributed by atoms with E-state index >= 15 is 0 Å². The zero-order chi connectivity index (χ0) is 29.2. The highest BCUT2D eigenvalue weighted by Gasteiger charge is 2.24. The number of carbonyl (C=O) groups excluding carboxylic acids is 2. The molecule has 0 aliphatic carbocycles. The summed E-state index contributed by atoms with van der Waals surface area (Å²) in [6, 6.07) is 11.0. The summed E-state index contributed by atoms with van der Waals surface area (Å²) in [5, 5.41) is 6.62. The molecular weight excluding hydrogens is 553 g/mol. The number of ether oxygens (including phenoxy) is 2. The molecule has 11 heteroatoms. The molecule has 0 fully saturated rings. The van der Waals surface area contributed by atoms with Gasteiger partial charge in [0.25, 0.3) is 0 Å². The molecule has 3 aromatic rings. The summed E-state index contributed by atoms with van der Waals surface area (Å²) in [6.07, 6.45) is 2.92. The Bertz CT molecular complexity index is 1340. The van der Waals surface area contributed by atoms with Crippen molar-refractivity contribution in [3.63, 3.8) is 0 Å². The van der Waals surface area contributed by atoms with E-state index in [9.17, 15) is 9.59 Å². The zero-order valence-corrected chi connectivity index (χ0v) is 24.5. The third-order valence-electron chi connectivity index (χ3n) is 6.00. The maximum Gasteiger partial charge on any atom is 0.247 e. The second-order valence-electron chi connectivity index (χ2n) is 9.11. The molecule has 0 saturated carbocycles. The molecule has 2 amide bonds. The van der Waals surface area contributed by atoms with Gasteiger partial charge in [-0.2, -0.15) is 0 Å². The summed E-state index contributed by atoms with van der Waals surface area (Å²) >= 11 is 13.1. The fraction of sp³-hybridized carbons (Fsp3) is 0.310. The highest BCUT2D eigenvalue weighted by atomic mass is 35.5. The molecule has 2 N–H and O–H groups in total. The van der Waals surface area contributed by atoms with Crippen LogP contribution in [0.2, 0.25) is 10.0 Å². The van der Waals surface area contributed by atoms with Gasteiger partial charge in [0.05, 0.1) is 36.4 Å². The minimum atomic E-state index is -0.309. The monoisotopic (exact) mass is 585 g/mol. The number of halogens is 2. The first-order valence-electron chi connectivity index (χ1n) is 12.6. The molecule has 0 bridgehead atoms. The molecule has 40 heavy (non-hydrogen) atoms. The molecule has 0 aliphatic rings. The predicted octanol–water partition coefficient (Wildman–Crippen LogP) is 5.09. The van der Waals surface area contributed by atoms with Crippen LogP contribution in [0.4, 0.5) is 11.5 Å². The van der Waals surface area contributed by atoms with E-state index in [1.807, 2.05) is 38.1 Å². The van der Waals surface area contributed by atoms with E-state index in [0.29, 0.717) is 53.8 Å². The van der Waals surface area contributed by atoms with Crippen molar-refractivity contribution in [2.24, 2.45) is 0 Å². The Morgan fingerprint density at radius 1 is 1.07 bits per heavy atom. The first kappa shape index (κ1) is 30.9. The van der Waals surface area contributed by atoms with Gasteiger partial charge in [-0.25, -0.2) is 9.97 Å². The van der Waals surface area contributed by atoms with E-state index in [2.05, 4.69) is 27.2 Å². The van der Waals surface area contributed by atoms with E-state index < -0.39 is 0 Å². The molecule has 1 heterocycles. The molecule has 0 atom stereocenters. The van der Waals surface area contributed by atoms with Gasteiger partial charge in [0, 0.05) is 48.9 Å². The van der Waals surface area contributed by atoms with Crippen molar-refractivity contribution in [2.45, 2.75) is 32.7 Å².